The van der Waals surface area contributed by atoms with Crippen LogP contribution in [-0.4, -0.2) is 39.3 Å². The summed E-state index contributed by atoms with van der Waals surface area (Å²) in [4.78, 5) is 2.45. The fourth-order valence-electron chi connectivity index (χ4n) is 1.84. The highest BCUT2D eigenvalue weighted by Crippen LogP contribution is 2.21. The maximum atomic E-state index is 6.20. The first kappa shape index (κ1) is 11.3. The fourth-order valence-corrected chi connectivity index (χ4v) is 3.05. The zero-order chi connectivity index (χ0) is 10.8. The van der Waals surface area contributed by atoms with Crippen molar-refractivity contribution in [3.8, 4) is 0 Å². The summed E-state index contributed by atoms with van der Waals surface area (Å²) in [6.07, 6.45) is 0. The smallest absolute Gasteiger partial charge is 0.131 e. The van der Waals surface area contributed by atoms with Crippen molar-refractivity contribution in [2.45, 2.75) is 13.5 Å². The molecule has 0 aliphatic carbocycles. The van der Waals surface area contributed by atoms with Gasteiger partial charge in [-0.25, -0.2) is 0 Å². The Balaban J connectivity index is 2.09. The van der Waals surface area contributed by atoms with Crippen molar-refractivity contribution in [3.05, 3.63) is 16.4 Å². The molecule has 0 spiro atoms. The number of aromatic nitrogens is 2. The summed E-state index contributed by atoms with van der Waals surface area (Å²) in [5, 5.41) is 5.11. The van der Waals surface area contributed by atoms with Gasteiger partial charge < -0.3 is 0 Å². The van der Waals surface area contributed by atoms with Gasteiger partial charge >= 0.3 is 0 Å². The Labute approximate surface area is 99.8 Å². The van der Waals surface area contributed by atoms with Crippen LogP contribution in [0.25, 0.3) is 0 Å². The molecule has 2 rings (SSSR count). The van der Waals surface area contributed by atoms with Crippen molar-refractivity contribution in [3.63, 3.8) is 0 Å². The molecule has 2 heterocycles. The van der Waals surface area contributed by atoms with E-state index in [0.29, 0.717) is 0 Å². The number of halogens is 1. The van der Waals surface area contributed by atoms with Gasteiger partial charge in [0.1, 0.15) is 5.15 Å². The highest BCUT2D eigenvalue weighted by atomic mass is 35.5. The second-order valence-electron chi connectivity index (χ2n) is 3.87. The Morgan fingerprint density at radius 1 is 1.40 bits per heavy atom. The van der Waals surface area contributed by atoms with Gasteiger partial charge in [-0.15, -0.1) is 0 Å². The molecule has 0 radical (unpaired) electrons. The lowest BCUT2D eigenvalue weighted by molar-refractivity contribution is 0.294. The normalized spacial score (nSPS) is 18.3. The van der Waals surface area contributed by atoms with E-state index in [1.54, 1.807) is 4.68 Å². The van der Waals surface area contributed by atoms with E-state index in [9.17, 15) is 0 Å². The van der Waals surface area contributed by atoms with Gasteiger partial charge in [-0.05, 0) is 6.92 Å². The summed E-state index contributed by atoms with van der Waals surface area (Å²) in [6, 6.07) is 0. The topological polar surface area (TPSA) is 21.1 Å². The minimum absolute atomic E-state index is 0.783. The summed E-state index contributed by atoms with van der Waals surface area (Å²) in [6.45, 7) is 5.30. The van der Waals surface area contributed by atoms with E-state index in [2.05, 4.69) is 10.00 Å². The van der Waals surface area contributed by atoms with Gasteiger partial charge in [0.25, 0.3) is 0 Å². The summed E-state index contributed by atoms with van der Waals surface area (Å²) >= 11 is 8.23. The van der Waals surface area contributed by atoms with Crippen LogP contribution < -0.4 is 0 Å². The van der Waals surface area contributed by atoms with Gasteiger partial charge in [-0.1, -0.05) is 11.6 Å². The van der Waals surface area contributed by atoms with Gasteiger partial charge in [0, 0.05) is 43.8 Å². The maximum absolute atomic E-state index is 6.20. The first-order chi connectivity index (χ1) is 7.18. The van der Waals surface area contributed by atoms with Crippen LogP contribution in [0.5, 0.6) is 0 Å². The summed E-state index contributed by atoms with van der Waals surface area (Å²) in [7, 11) is 1.89. The molecule has 3 nitrogen and oxygen atoms in total. The van der Waals surface area contributed by atoms with E-state index in [-0.39, 0.29) is 0 Å². The largest absolute Gasteiger partial charge is 0.297 e. The Kier molecular flexibility index (Phi) is 3.59. The second kappa shape index (κ2) is 4.76. The third-order valence-corrected chi connectivity index (χ3v) is 4.17. The molecule has 1 aromatic rings. The van der Waals surface area contributed by atoms with Crippen LogP contribution in [0, 0.1) is 6.92 Å². The predicted octanol–water partition coefficient (Wildman–Crippen LogP) is 1.93. The minimum atomic E-state index is 0.783. The van der Waals surface area contributed by atoms with E-state index in [0.717, 1.165) is 30.5 Å². The number of thioether (sulfide) groups is 1. The molecular formula is C10H16ClN3S. The van der Waals surface area contributed by atoms with Gasteiger partial charge in [0.05, 0.1) is 5.69 Å². The molecular weight excluding hydrogens is 230 g/mol. The zero-order valence-corrected chi connectivity index (χ0v) is 10.7. The Hall–Kier alpha value is -0.190. The second-order valence-corrected chi connectivity index (χ2v) is 5.45. The summed E-state index contributed by atoms with van der Waals surface area (Å²) < 4.78 is 1.75. The van der Waals surface area contributed by atoms with Gasteiger partial charge in [-0.2, -0.15) is 16.9 Å². The number of nitrogens with zero attached hydrogens (tertiary/aromatic N) is 3. The fraction of sp³-hybridized carbons (Fsp3) is 0.700. The number of hydrogen-bond donors (Lipinski definition) is 0. The lowest BCUT2D eigenvalue weighted by atomic mass is 10.2. The third kappa shape index (κ3) is 2.49. The molecule has 0 amide bonds. The van der Waals surface area contributed by atoms with Crippen molar-refractivity contribution in [1.29, 1.82) is 0 Å². The van der Waals surface area contributed by atoms with Crippen LogP contribution >= 0.6 is 23.4 Å². The molecule has 0 saturated carbocycles. The lowest BCUT2D eigenvalue weighted by Gasteiger charge is -2.25. The third-order valence-electron chi connectivity index (χ3n) is 2.76. The molecule has 1 saturated heterocycles. The summed E-state index contributed by atoms with van der Waals surface area (Å²) in [5.41, 5.74) is 2.24. The molecule has 84 valence electrons. The molecule has 0 atom stereocenters. The van der Waals surface area contributed by atoms with Crippen LogP contribution in [-0.2, 0) is 13.6 Å². The lowest BCUT2D eigenvalue weighted by Crippen LogP contribution is -2.32. The standard InChI is InChI=1S/C10H16ClN3S/c1-8-9(10(11)13(2)12-8)7-14-3-5-15-6-4-14/h3-7H2,1-2H3. The molecule has 1 fully saturated rings. The van der Waals surface area contributed by atoms with E-state index < -0.39 is 0 Å². The van der Waals surface area contributed by atoms with Crippen LogP contribution in [0.15, 0.2) is 0 Å². The average Bonchev–Trinajstić information content (AvgIpc) is 2.47. The van der Waals surface area contributed by atoms with Crippen LogP contribution in [0.3, 0.4) is 0 Å². The highest BCUT2D eigenvalue weighted by molar-refractivity contribution is 7.99. The molecule has 5 heteroatoms. The van der Waals surface area contributed by atoms with Crippen molar-refractivity contribution < 1.29 is 0 Å². The van der Waals surface area contributed by atoms with Crippen LogP contribution in [0.2, 0.25) is 5.15 Å². The van der Waals surface area contributed by atoms with E-state index in [1.165, 1.54) is 17.1 Å². The SMILES string of the molecule is Cc1nn(C)c(Cl)c1CN1CCSCC1. The number of aryl methyl sites for hydroxylation is 2. The van der Waals surface area contributed by atoms with E-state index in [4.69, 9.17) is 11.6 Å². The highest BCUT2D eigenvalue weighted by Gasteiger charge is 2.16. The molecule has 0 aromatic carbocycles. The van der Waals surface area contributed by atoms with Gasteiger partial charge in [-0.3, -0.25) is 9.58 Å². The van der Waals surface area contributed by atoms with E-state index in [1.807, 2.05) is 25.7 Å². The first-order valence-corrected chi connectivity index (χ1v) is 6.70. The Morgan fingerprint density at radius 3 is 2.60 bits per heavy atom. The first-order valence-electron chi connectivity index (χ1n) is 5.16. The molecule has 1 aliphatic rings. The molecule has 0 N–H and O–H groups in total. The molecule has 1 aliphatic heterocycles. The predicted molar refractivity (Wildman–Crippen MR) is 65.6 cm³/mol. The Morgan fingerprint density at radius 2 is 2.07 bits per heavy atom. The summed E-state index contributed by atoms with van der Waals surface area (Å²) in [5.74, 6) is 2.47. The van der Waals surface area contributed by atoms with Gasteiger partial charge in [0.15, 0.2) is 0 Å². The monoisotopic (exact) mass is 245 g/mol. The van der Waals surface area contributed by atoms with Crippen molar-refractivity contribution in [1.82, 2.24) is 14.7 Å². The zero-order valence-electron chi connectivity index (χ0n) is 9.16. The molecule has 1 aromatic heterocycles. The van der Waals surface area contributed by atoms with Crippen LogP contribution in [0.1, 0.15) is 11.3 Å². The van der Waals surface area contributed by atoms with Crippen molar-refractivity contribution in [2.75, 3.05) is 24.6 Å². The number of hydrogen-bond acceptors (Lipinski definition) is 3. The maximum Gasteiger partial charge on any atom is 0.131 e. The Bertz CT molecular complexity index is 345. The quantitative estimate of drug-likeness (QED) is 0.795. The molecule has 15 heavy (non-hydrogen) atoms. The molecule has 0 bridgehead atoms. The van der Waals surface area contributed by atoms with Crippen molar-refractivity contribution in [2.24, 2.45) is 7.05 Å². The molecule has 0 unspecified atom stereocenters. The van der Waals surface area contributed by atoms with Crippen LogP contribution in [0.4, 0.5) is 0 Å². The minimum Gasteiger partial charge on any atom is -0.297 e. The van der Waals surface area contributed by atoms with Gasteiger partial charge in [0.2, 0.25) is 0 Å². The number of rotatable bonds is 2. The van der Waals surface area contributed by atoms with E-state index >= 15 is 0 Å². The van der Waals surface area contributed by atoms with Crippen molar-refractivity contribution >= 4 is 23.4 Å². The average molecular weight is 246 g/mol.